The molecule has 0 aliphatic heterocycles. The van der Waals surface area contributed by atoms with Crippen molar-refractivity contribution in [3.05, 3.63) is 47.5 Å². The molecule has 3 nitrogen and oxygen atoms in total. The van der Waals surface area contributed by atoms with Crippen LogP contribution in [-0.4, -0.2) is 13.0 Å². The van der Waals surface area contributed by atoms with Crippen LogP contribution in [0.3, 0.4) is 0 Å². The lowest BCUT2D eigenvalue weighted by Crippen LogP contribution is -2.20. The van der Waals surface area contributed by atoms with Crippen LogP contribution in [0.5, 0.6) is 0 Å². The third kappa shape index (κ3) is 2.01. The van der Waals surface area contributed by atoms with Crippen LogP contribution in [0.1, 0.15) is 11.3 Å². The number of hydrogen-bond acceptors (Lipinski definition) is 2. The number of carbonyl (C=O) groups is 1. The normalized spacial score (nSPS) is 10.6. The van der Waals surface area contributed by atoms with Crippen LogP contribution >= 0.6 is 0 Å². The lowest BCUT2D eigenvalue weighted by molar-refractivity contribution is -0.117. The van der Waals surface area contributed by atoms with Crippen LogP contribution in [0.2, 0.25) is 0 Å². The number of hydrogen-bond donors (Lipinski definition) is 1. The second-order valence-corrected chi connectivity index (χ2v) is 4.12. The molecule has 0 radical (unpaired) electrons. The van der Waals surface area contributed by atoms with Crippen LogP contribution in [0.4, 0.5) is 4.39 Å². The summed E-state index contributed by atoms with van der Waals surface area (Å²) in [6.45, 7) is 5.47. The van der Waals surface area contributed by atoms with Crippen LogP contribution < -0.4 is 5.32 Å². The van der Waals surface area contributed by atoms with E-state index in [0.717, 1.165) is 0 Å². The molecule has 0 unspecified atom stereocenters. The summed E-state index contributed by atoms with van der Waals surface area (Å²) >= 11 is 0. The van der Waals surface area contributed by atoms with Crippen molar-refractivity contribution in [3.63, 3.8) is 0 Å². The van der Waals surface area contributed by atoms with Crippen LogP contribution in [-0.2, 0) is 11.2 Å². The number of halogens is 1. The number of likely N-dealkylation sites (N-methyl/N-ethyl adjacent to an activating group) is 1. The highest BCUT2D eigenvalue weighted by Gasteiger charge is 2.16. The zero-order valence-corrected chi connectivity index (χ0v) is 10.3. The predicted octanol–water partition coefficient (Wildman–Crippen LogP) is 2.73. The van der Waals surface area contributed by atoms with E-state index in [1.54, 1.807) is 26.1 Å². The maximum absolute atomic E-state index is 13.7. The van der Waals surface area contributed by atoms with Gasteiger partial charge in [-0.2, -0.15) is 0 Å². The van der Waals surface area contributed by atoms with Crippen molar-refractivity contribution < 1.29 is 13.6 Å². The number of aryl methyl sites for hydroxylation is 1. The number of rotatable bonds is 3. The molecule has 4 heteroatoms. The molecule has 0 spiro atoms. The molecule has 2 aromatic rings. The Balaban J connectivity index is 2.41. The van der Waals surface area contributed by atoms with Crippen molar-refractivity contribution in [1.29, 1.82) is 0 Å². The second kappa shape index (κ2) is 4.64. The molecule has 0 saturated heterocycles. The Morgan fingerprint density at radius 1 is 1.50 bits per heavy atom. The van der Waals surface area contributed by atoms with E-state index in [1.165, 1.54) is 6.07 Å². The summed E-state index contributed by atoms with van der Waals surface area (Å²) in [6.07, 6.45) is 0.277. The molecular formula is C14H14FNO2. The summed E-state index contributed by atoms with van der Waals surface area (Å²) < 4.78 is 19.2. The van der Waals surface area contributed by atoms with Crippen molar-refractivity contribution in [3.8, 4) is 0 Å². The molecule has 0 fully saturated rings. The van der Waals surface area contributed by atoms with Crippen LogP contribution in [0.25, 0.3) is 11.0 Å². The molecule has 0 bridgehead atoms. The zero-order chi connectivity index (χ0) is 13.3. The number of amides is 1. The lowest BCUT2D eigenvalue weighted by atomic mass is 10.1. The average Bonchev–Trinajstić information content (AvgIpc) is 2.66. The van der Waals surface area contributed by atoms with Crippen molar-refractivity contribution in [1.82, 2.24) is 5.32 Å². The Morgan fingerprint density at radius 3 is 2.83 bits per heavy atom. The van der Waals surface area contributed by atoms with Gasteiger partial charge in [0.25, 0.3) is 0 Å². The quantitative estimate of drug-likeness (QED) is 0.847. The minimum atomic E-state index is -0.314. The molecule has 94 valence electrons. The standard InChI is InChI=1S/C14H14FNO2/c1-8(14(17)16-3)7-12-9(2)13-10(15)5-4-6-11(13)18-12/h4-6H,1,7H2,2-3H3,(H,16,17). The van der Waals surface area contributed by atoms with Gasteiger partial charge in [-0.3, -0.25) is 4.79 Å². The molecule has 1 aromatic heterocycles. The van der Waals surface area contributed by atoms with Gasteiger partial charge in [0.05, 0.1) is 5.39 Å². The van der Waals surface area contributed by atoms with Gasteiger partial charge in [0.2, 0.25) is 5.91 Å². The first-order valence-electron chi connectivity index (χ1n) is 5.61. The minimum absolute atomic E-state index is 0.240. The van der Waals surface area contributed by atoms with Gasteiger partial charge in [-0.25, -0.2) is 4.39 Å². The maximum atomic E-state index is 13.7. The summed E-state index contributed by atoms with van der Waals surface area (Å²) in [4.78, 5) is 11.4. The van der Waals surface area contributed by atoms with E-state index in [1.807, 2.05) is 0 Å². The van der Waals surface area contributed by atoms with Gasteiger partial charge >= 0.3 is 0 Å². The van der Waals surface area contributed by atoms with E-state index >= 15 is 0 Å². The highest BCUT2D eigenvalue weighted by atomic mass is 19.1. The fourth-order valence-corrected chi connectivity index (χ4v) is 1.92. The predicted molar refractivity (Wildman–Crippen MR) is 67.8 cm³/mol. The number of nitrogens with one attached hydrogen (secondary N) is 1. The van der Waals surface area contributed by atoms with Gasteiger partial charge < -0.3 is 9.73 Å². The highest BCUT2D eigenvalue weighted by molar-refractivity contribution is 5.93. The largest absolute Gasteiger partial charge is 0.460 e. The molecular weight excluding hydrogens is 233 g/mol. The smallest absolute Gasteiger partial charge is 0.246 e. The summed E-state index contributed by atoms with van der Waals surface area (Å²) in [5.41, 5.74) is 1.60. The molecule has 1 amide bonds. The van der Waals surface area contributed by atoms with E-state index in [9.17, 15) is 9.18 Å². The third-order valence-corrected chi connectivity index (χ3v) is 2.92. The zero-order valence-electron chi connectivity index (χ0n) is 10.3. The van der Waals surface area contributed by atoms with Gasteiger partial charge in [-0.1, -0.05) is 12.6 Å². The Kier molecular flexibility index (Phi) is 3.19. The molecule has 0 aliphatic carbocycles. The van der Waals surface area contributed by atoms with Gasteiger partial charge in [0, 0.05) is 24.6 Å². The first-order chi connectivity index (χ1) is 8.54. The molecule has 2 rings (SSSR count). The monoisotopic (exact) mass is 247 g/mol. The molecule has 1 N–H and O–H groups in total. The van der Waals surface area contributed by atoms with E-state index in [0.29, 0.717) is 27.9 Å². The number of benzene rings is 1. The summed E-state index contributed by atoms with van der Waals surface area (Å²) in [7, 11) is 1.54. The van der Waals surface area contributed by atoms with Crippen molar-refractivity contribution in [2.24, 2.45) is 0 Å². The first kappa shape index (κ1) is 12.4. The summed E-state index contributed by atoms with van der Waals surface area (Å²) in [6, 6.07) is 4.69. The summed E-state index contributed by atoms with van der Waals surface area (Å²) in [5, 5.41) is 2.97. The number of carbonyl (C=O) groups excluding carboxylic acids is 1. The van der Waals surface area contributed by atoms with Crippen LogP contribution in [0.15, 0.2) is 34.8 Å². The number of fused-ring (bicyclic) bond motifs is 1. The van der Waals surface area contributed by atoms with E-state index in [2.05, 4.69) is 11.9 Å². The van der Waals surface area contributed by atoms with Crippen LogP contribution in [0, 0.1) is 12.7 Å². The van der Waals surface area contributed by atoms with Crippen molar-refractivity contribution in [2.75, 3.05) is 7.05 Å². The van der Waals surface area contributed by atoms with Gasteiger partial charge in [0.1, 0.15) is 17.2 Å². The van der Waals surface area contributed by atoms with Crippen molar-refractivity contribution >= 4 is 16.9 Å². The Morgan fingerprint density at radius 2 is 2.22 bits per heavy atom. The van der Waals surface area contributed by atoms with Crippen molar-refractivity contribution in [2.45, 2.75) is 13.3 Å². The molecule has 0 atom stereocenters. The minimum Gasteiger partial charge on any atom is -0.460 e. The maximum Gasteiger partial charge on any atom is 0.246 e. The highest BCUT2D eigenvalue weighted by Crippen LogP contribution is 2.28. The molecule has 18 heavy (non-hydrogen) atoms. The van der Waals surface area contributed by atoms with Gasteiger partial charge in [-0.15, -0.1) is 0 Å². The molecule has 0 aliphatic rings. The SMILES string of the molecule is C=C(Cc1oc2cccc(F)c2c1C)C(=O)NC. The molecule has 1 aromatic carbocycles. The molecule has 0 saturated carbocycles. The average molecular weight is 247 g/mol. The number of furan rings is 1. The second-order valence-electron chi connectivity index (χ2n) is 4.12. The first-order valence-corrected chi connectivity index (χ1v) is 5.61. The Labute approximate surface area is 104 Å². The Hall–Kier alpha value is -2.10. The van der Waals surface area contributed by atoms with E-state index in [4.69, 9.17) is 4.42 Å². The lowest BCUT2D eigenvalue weighted by Gasteiger charge is -2.02. The fraction of sp³-hybridized carbons (Fsp3) is 0.214. The summed E-state index contributed by atoms with van der Waals surface area (Å²) in [5.74, 6) is 0.0181. The van der Waals surface area contributed by atoms with E-state index in [-0.39, 0.29) is 18.1 Å². The van der Waals surface area contributed by atoms with E-state index < -0.39 is 0 Å². The molecule has 1 heterocycles. The van der Waals surface area contributed by atoms with Gasteiger partial charge in [-0.05, 0) is 19.1 Å². The Bertz CT molecular complexity index is 628. The topological polar surface area (TPSA) is 42.2 Å². The third-order valence-electron chi connectivity index (χ3n) is 2.92. The fourth-order valence-electron chi connectivity index (χ4n) is 1.92. The van der Waals surface area contributed by atoms with Gasteiger partial charge in [0.15, 0.2) is 0 Å².